The summed E-state index contributed by atoms with van der Waals surface area (Å²) in [5.74, 6) is -0.245. The largest absolute Gasteiger partial charge is 0.493 e. The van der Waals surface area contributed by atoms with Crippen molar-refractivity contribution in [3.05, 3.63) is 63.1 Å². The highest BCUT2D eigenvalue weighted by molar-refractivity contribution is 9.10. The topological polar surface area (TPSA) is 79.8 Å². The highest BCUT2D eigenvalue weighted by atomic mass is 79.9. The molecule has 8 heteroatoms. The first-order valence-electron chi connectivity index (χ1n) is 10.1. The first-order chi connectivity index (χ1) is 14.8. The standard InChI is InChI=1S/C23H27BrClN3O3/c1-4-5-11-31-20-10-9-18(24)12-17(20)14-26-28-23(30)21(15(2)3)27-22(29)16-7-6-8-19(25)13-16/h6-10,12-15,21H,4-5,11H2,1-3H3,(H,27,29)(H,28,30). The zero-order chi connectivity index (χ0) is 22.8. The van der Waals surface area contributed by atoms with Gasteiger partial charge in [-0.3, -0.25) is 9.59 Å². The van der Waals surface area contributed by atoms with Crippen molar-refractivity contribution in [2.75, 3.05) is 6.61 Å². The molecule has 0 heterocycles. The number of nitrogens with one attached hydrogen (secondary N) is 2. The predicted octanol–water partition coefficient (Wildman–Crippen LogP) is 5.19. The van der Waals surface area contributed by atoms with E-state index in [2.05, 4.69) is 38.7 Å². The van der Waals surface area contributed by atoms with Gasteiger partial charge in [-0.15, -0.1) is 0 Å². The molecule has 6 nitrogen and oxygen atoms in total. The number of amides is 2. The van der Waals surface area contributed by atoms with E-state index in [-0.39, 0.29) is 11.8 Å². The third-order valence-corrected chi connectivity index (χ3v) is 5.16. The molecule has 0 aliphatic carbocycles. The molecular weight excluding hydrogens is 482 g/mol. The molecule has 1 atom stereocenters. The highest BCUT2D eigenvalue weighted by Crippen LogP contribution is 2.22. The summed E-state index contributed by atoms with van der Waals surface area (Å²) < 4.78 is 6.67. The average molecular weight is 509 g/mol. The van der Waals surface area contributed by atoms with Gasteiger partial charge < -0.3 is 10.1 Å². The van der Waals surface area contributed by atoms with E-state index in [0.717, 1.165) is 22.9 Å². The van der Waals surface area contributed by atoms with Crippen LogP contribution in [0.15, 0.2) is 52.0 Å². The summed E-state index contributed by atoms with van der Waals surface area (Å²) in [5.41, 5.74) is 3.63. The summed E-state index contributed by atoms with van der Waals surface area (Å²) in [6, 6.07) is 11.4. The molecule has 2 aromatic carbocycles. The molecule has 0 saturated carbocycles. The maximum absolute atomic E-state index is 12.7. The van der Waals surface area contributed by atoms with E-state index in [0.29, 0.717) is 22.9 Å². The number of carbonyl (C=O) groups excluding carboxylic acids is 2. The maximum Gasteiger partial charge on any atom is 0.262 e. The van der Waals surface area contributed by atoms with Crippen molar-refractivity contribution in [3.8, 4) is 5.75 Å². The smallest absolute Gasteiger partial charge is 0.262 e. The number of benzene rings is 2. The zero-order valence-electron chi connectivity index (χ0n) is 17.8. The first-order valence-corrected chi connectivity index (χ1v) is 11.3. The first kappa shape index (κ1) is 24.9. The molecule has 0 aliphatic rings. The van der Waals surface area contributed by atoms with Crippen LogP contribution < -0.4 is 15.5 Å². The number of nitrogens with zero attached hydrogens (tertiary/aromatic N) is 1. The van der Waals surface area contributed by atoms with E-state index in [1.165, 1.54) is 6.21 Å². The molecular formula is C23H27BrClN3O3. The van der Waals surface area contributed by atoms with E-state index >= 15 is 0 Å². The minimum atomic E-state index is -0.758. The summed E-state index contributed by atoms with van der Waals surface area (Å²) in [4.78, 5) is 25.2. The van der Waals surface area contributed by atoms with E-state index < -0.39 is 11.9 Å². The quantitative estimate of drug-likeness (QED) is 0.263. The van der Waals surface area contributed by atoms with Crippen molar-refractivity contribution in [2.45, 2.75) is 39.7 Å². The normalized spacial score (nSPS) is 12.1. The molecule has 0 bridgehead atoms. The summed E-state index contributed by atoms with van der Waals surface area (Å²) in [6.07, 6.45) is 3.51. The van der Waals surface area contributed by atoms with E-state index in [1.807, 2.05) is 32.0 Å². The molecule has 0 fully saturated rings. The van der Waals surface area contributed by atoms with E-state index in [4.69, 9.17) is 16.3 Å². The van der Waals surface area contributed by atoms with Crippen LogP contribution >= 0.6 is 27.5 Å². The van der Waals surface area contributed by atoms with Gasteiger partial charge in [0.2, 0.25) is 0 Å². The van der Waals surface area contributed by atoms with Crippen molar-refractivity contribution in [1.82, 2.24) is 10.7 Å². The van der Waals surface area contributed by atoms with Crippen molar-refractivity contribution < 1.29 is 14.3 Å². The Morgan fingerprint density at radius 3 is 2.68 bits per heavy atom. The number of carbonyl (C=O) groups is 2. The predicted molar refractivity (Wildman–Crippen MR) is 128 cm³/mol. The molecule has 0 radical (unpaired) electrons. The summed E-state index contributed by atoms with van der Waals surface area (Å²) in [5, 5.41) is 7.27. The number of hydrogen-bond donors (Lipinski definition) is 2. The van der Waals surface area contributed by atoms with Crippen LogP contribution in [-0.4, -0.2) is 30.7 Å². The second-order valence-electron chi connectivity index (χ2n) is 7.32. The third-order valence-electron chi connectivity index (χ3n) is 4.43. The Kier molecular flexibility index (Phi) is 10.0. The lowest BCUT2D eigenvalue weighted by Crippen LogP contribution is -2.48. The van der Waals surface area contributed by atoms with Crippen molar-refractivity contribution in [2.24, 2.45) is 11.0 Å². The molecule has 2 aromatic rings. The second kappa shape index (κ2) is 12.5. The molecule has 0 spiro atoms. The lowest BCUT2D eigenvalue weighted by Gasteiger charge is -2.20. The van der Waals surface area contributed by atoms with Gasteiger partial charge in [0, 0.05) is 20.6 Å². The van der Waals surface area contributed by atoms with Crippen LogP contribution in [0.2, 0.25) is 5.02 Å². The van der Waals surface area contributed by atoms with Gasteiger partial charge in [-0.05, 0) is 48.7 Å². The van der Waals surface area contributed by atoms with Gasteiger partial charge in [-0.25, -0.2) is 5.43 Å². The molecule has 2 rings (SSSR count). The van der Waals surface area contributed by atoms with Crippen molar-refractivity contribution >= 4 is 45.6 Å². The zero-order valence-corrected chi connectivity index (χ0v) is 20.2. The van der Waals surface area contributed by atoms with Crippen LogP contribution in [0, 0.1) is 5.92 Å². The van der Waals surface area contributed by atoms with Crippen LogP contribution in [0.1, 0.15) is 49.5 Å². The highest BCUT2D eigenvalue weighted by Gasteiger charge is 2.24. The Hall–Kier alpha value is -2.38. The monoisotopic (exact) mass is 507 g/mol. The van der Waals surface area contributed by atoms with Gasteiger partial charge >= 0.3 is 0 Å². The second-order valence-corrected chi connectivity index (χ2v) is 8.68. The number of hydrogen-bond acceptors (Lipinski definition) is 4. The summed E-state index contributed by atoms with van der Waals surface area (Å²) in [7, 11) is 0. The molecule has 0 aromatic heterocycles. The summed E-state index contributed by atoms with van der Waals surface area (Å²) >= 11 is 9.38. The van der Waals surface area contributed by atoms with Crippen LogP contribution in [0.4, 0.5) is 0 Å². The van der Waals surface area contributed by atoms with Gasteiger partial charge in [0.1, 0.15) is 11.8 Å². The molecule has 31 heavy (non-hydrogen) atoms. The minimum Gasteiger partial charge on any atom is -0.493 e. The Morgan fingerprint density at radius 1 is 1.23 bits per heavy atom. The number of rotatable bonds is 10. The van der Waals surface area contributed by atoms with Crippen LogP contribution in [0.5, 0.6) is 5.75 Å². The van der Waals surface area contributed by atoms with Gasteiger partial charge in [-0.1, -0.05) is 60.8 Å². The average Bonchev–Trinajstić information content (AvgIpc) is 2.73. The number of ether oxygens (including phenoxy) is 1. The fourth-order valence-electron chi connectivity index (χ4n) is 2.70. The van der Waals surface area contributed by atoms with Crippen molar-refractivity contribution in [1.29, 1.82) is 0 Å². The molecule has 2 amide bonds. The van der Waals surface area contributed by atoms with Gasteiger partial charge in [-0.2, -0.15) is 5.10 Å². The number of halogens is 2. The molecule has 1 unspecified atom stereocenters. The Bertz CT molecular complexity index is 934. The Morgan fingerprint density at radius 2 is 2.00 bits per heavy atom. The lowest BCUT2D eigenvalue weighted by molar-refractivity contribution is -0.123. The SMILES string of the molecule is CCCCOc1ccc(Br)cc1C=NNC(=O)C(NC(=O)c1cccc(Cl)c1)C(C)C. The third kappa shape index (κ3) is 7.99. The van der Waals surface area contributed by atoms with Crippen molar-refractivity contribution in [3.63, 3.8) is 0 Å². The molecule has 0 saturated heterocycles. The van der Waals surface area contributed by atoms with E-state index in [9.17, 15) is 9.59 Å². The van der Waals surface area contributed by atoms with Gasteiger partial charge in [0.15, 0.2) is 0 Å². The minimum absolute atomic E-state index is 0.142. The summed E-state index contributed by atoms with van der Waals surface area (Å²) in [6.45, 7) is 6.40. The molecule has 2 N–H and O–H groups in total. The fraction of sp³-hybridized carbons (Fsp3) is 0.348. The van der Waals surface area contributed by atoms with Crippen LogP contribution in [0.3, 0.4) is 0 Å². The van der Waals surface area contributed by atoms with Gasteiger partial charge in [0.05, 0.1) is 12.8 Å². The van der Waals surface area contributed by atoms with Crippen LogP contribution in [-0.2, 0) is 4.79 Å². The number of unbranched alkanes of at least 4 members (excludes halogenated alkanes) is 1. The molecule has 166 valence electrons. The fourth-order valence-corrected chi connectivity index (χ4v) is 3.27. The van der Waals surface area contributed by atoms with Crippen LogP contribution in [0.25, 0.3) is 0 Å². The lowest BCUT2D eigenvalue weighted by atomic mass is 10.0. The number of hydrazone groups is 1. The Labute approximate surface area is 196 Å². The Balaban J connectivity index is 2.05. The van der Waals surface area contributed by atoms with Gasteiger partial charge in [0.25, 0.3) is 11.8 Å². The molecule has 0 aliphatic heterocycles. The maximum atomic E-state index is 12.7. The van der Waals surface area contributed by atoms with E-state index in [1.54, 1.807) is 24.3 Å².